The zero-order valence-corrected chi connectivity index (χ0v) is 28.2. The summed E-state index contributed by atoms with van der Waals surface area (Å²) in [7, 11) is 0. The Labute approximate surface area is 300 Å². The Morgan fingerprint density at radius 2 is 1.06 bits per heavy atom. The summed E-state index contributed by atoms with van der Waals surface area (Å²) < 4.78 is 4.80. The molecule has 4 heteroatoms. The molecule has 1 N–H and O–H groups in total. The van der Waals surface area contributed by atoms with Crippen LogP contribution in [0, 0.1) is 0 Å². The van der Waals surface area contributed by atoms with Gasteiger partial charge >= 0.3 is 0 Å². The van der Waals surface area contributed by atoms with Gasteiger partial charge in [-0.25, -0.2) is 4.98 Å². The van der Waals surface area contributed by atoms with Gasteiger partial charge in [-0.3, -0.25) is 4.57 Å². The predicted octanol–water partition coefficient (Wildman–Crippen LogP) is 12.0. The van der Waals surface area contributed by atoms with Crippen molar-refractivity contribution < 1.29 is 0 Å². The van der Waals surface area contributed by atoms with E-state index in [1.54, 1.807) is 0 Å². The lowest BCUT2D eigenvalue weighted by atomic mass is 10.0. The zero-order chi connectivity index (χ0) is 34.2. The van der Waals surface area contributed by atoms with Crippen molar-refractivity contribution in [3.05, 3.63) is 188 Å². The molecule has 7 aromatic carbocycles. The molecule has 0 saturated heterocycles. The number of benzene rings is 7. The number of para-hydroxylation sites is 2. The monoisotopic (exact) mass is 664 g/mol. The van der Waals surface area contributed by atoms with E-state index < -0.39 is 0 Å². The van der Waals surface area contributed by atoms with Crippen LogP contribution in [0.5, 0.6) is 0 Å². The van der Waals surface area contributed by atoms with E-state index in [9.17, 15) is 0 Å². The van der Waals surface area contributed by atoms with Crippen LogP contribution >= 0.6 is 0 Å². The van der Waals surface area contributed by atoms with Gasteiger partial charge in [0.05, 0.1) is 27.8 Å². The fraction of sp³-hybridized carbons (Fsp3) is 0.0208. The maximum Gasteiger partial charge on any atom is 0.138 e. The molecule has 0 fully saturated rings. The second-order valence-corrected chi connectivity index (χ2v) is 13.6. The molecule has 0 amide bonds. The van der Waals surface area contributed by atoms with Crippen molar-refractivity contribution in [2.24, 2.45) is 0 Å². The lowest BCUT2D eigenvalue weighted by Gasteiger charge is -2.26. The zero-order valence-electron chi connectivity index (χ0n) is 28.2. The molecule has 0 aliphatic carbocycles. The summed E-state index contributed by atoms with van der Waals surface area (Å²) in [6.45, 7) is 0. The third kappa shape index (κ3) is 4.31. The van der Waals surface area contributed by atoms with Crippen LogP contribution in [0.3, 0.4) is 0 Å². The summed E-state index contributed by atoms with van der Waals surface area (Å²) in [5.41, 5.74) is 9.04. The normalized spacial score (nSPS) is 14.5. The quantitative estimate of drug-likeness (QED) is 0.203. The van der Waals surface area contributed by atoms with Crippen molar-refractivity contribution >= 4 is 70.9 Å². The molecule has 244 valence electrons. The molecule has 1 unspecified atom stereocenters. The number of hydrogen-bond acceptors (Lipinski definition) is 2. The van der Waals surface area contributed by atoms with Crippen molar-refractivity contribution in [3.8, 4) is 17.1 Å². The van der Waals surface area contributed by atoms with Crippen LogP contribution in [-0.4, -0.2) is 14.1 Å². The van der Waals surface area contributed by atoms with E-state index in [0.717, 1.165) is 33.8 Å². The molecule has 4 nitrogen and oxygen atoms in total. The number of nitrogens with one attached hydrogen (secondary N) is 1. The lowest BCUT2D eigenvalue weighted by Crippen LogP contribution is -2.25. The Balaban J connectivity index is 1.13. The summed E-state index contributed by atoms with van der Waals surface area (Å²) in [6, 6.07) is 58.8. The fourth-order valence-electron chi connectivity index (χ4n) is 8.44. The minimum absolute atomic E-state index is 0.0931. The summed E-state index contributed by atoms with van der Waals surface area (Å²) in [5, 5.41) is 13.7. The largest absolute Gasteiger partial charge is 0.361 e. The average molecular weight is 665 g/mol. The second kappa shape index (κ2) is 11.3. The molecule has 1 atom stereocenters. The Morgan fingerprint density at radius 1 is 0.462 bits per heavy atom. The molecule has 0 spiro atoms. The molecule has 0 bridgehead atoms. The SMILES string of the molecule is C1=CC(n2c3ccccc3c3cc4c5ccccc5n(-c5cccc(-c6cccc7ccccc67)n5)c4cc32)NC(c2cccc3ccccc23)=C1. The van der Waals surface area contributed by atoms with Crippen LogP contribution in [-0.2, 0) is 0 Å². The average Bonchev–Trinajstić information content (AvgIpc) is 3.71. The first-order valence-corrected chi connectivity index (χ1v) is 17.8. The lowest BCUT2D eigenvalue weighted by molar-refractivity contribution is 0.589. The third-order valence-electron chi connectivity index (χ3n) is 10.8. The number of dihydropyridines is 1. The van der Waals surface area contributed by atoms with E-state index in [2.05, 4.69) is 196 Å². The van der Waals surface area contributed by atoms with Gasteiger partial charge in [-0.2, -0.15) is 0 Å². The Kier molecular flexibility index (Phi) is 6.28. The third-order valence-corrected chi connectivity index (χ3v) is 10.8. The first kappa shape index (κ1) is 28.9. The van der Waals surface area contributed by atoms with Crippen molar-refractivity contribution in [1.29, 1.82) is 0 Å². The van der Waals surface area contributed by atoms with Gasteiger partial charge in [0, 0.05) is 38.4 Å². The second-order valence-electron chi connectivity index (χ2n) is 13.6. The van der Waals surface area contributed by atoms with Crippen molar-refractivity contribution in [3.63, 3.8) is 0 Å². The maximum atomic E-state index is 5.36. The van der Waals surface area contributed by atoms with Gasteiger partial charge in [-0.15, -0.1) is 0 Å². The van der Waals surface area contributed by atoms with Gasteiger partial charge in [0.15, 0.2) is 0 Å². The number of fused-ring (bicyclic) bond motifs is 8. The topological polar surface area (TPSA) is 34.8 Å². The minimum atomic E-state index is -0.0931. The van der Waals surface area contributed by atoms with E-state index in [-0.39, 0.29) is 6.17 Å². The van der Waals surface area contributed by atoms with Crippen LogP contribution in [0.1, 0.15) is 11.7 Å². The van der Waals surface area contributed by atoms with Crippen LogP contribution in [0.15, 0.2) is 182 Å². The number of nitrogens with zero attached hydrogens (tertiary/aromatic N) is 3. The van der Waals surface area contributed by atoms with Gasteiger partial charge in [-0.05, 0) is 70.1 Å². The molecule has 1 aliphatic heterocycles. The highest BCUT2D eigenvalue weighted by atomic mass is 15.2. The van der Waals surface area contributed by atoms with Crippen LogP contribution < -0.4 is 5.32 Å². The van der Waals surface area contributed by atoms with Gasteiger partial charge < -0.3 is 9.88 Å². The van der Waals surface area contributed by atoms with Gasteiger partial charge in [0.25, 0.3) is 0 Å². The molecule has 3 aromatic heterocycles. The predicted molar refractivity (Wildman–Crippen MR) is 218 cm³/mol. The molecule has 0 radical (unpaired) electrons. The number of hydrogen-bond donors (Lipinski definition) is 1. The van der Waals surface area contributed by atoms with E-state index in [4.69, 9.17) is 4.98 Å². The first-order chi connectivity index (χ1) is 25.8. The Morgan fingerprint density at radius 3 is 1.85 bits per heavy atom. The van der Waals surface area contributed by atoms with Gasteiger partial charge in [0.1, 0.15) is 12.0 Å². The molecule has 1 aliphatic rings. The molecule has 52 heavy (non-hydrogen) atoms. The van der Waals surface area contributed by atoms with E-state index in [1.807, 2.05) is 0 Å². The number of aromatic nitrogens is 3. The summed E-state index contributed by atoms with van der Waals surface area (Å²) in [4.78, 5) is 5.36. The number of rotatable bonds is 4. The molecule has 0 saturated carbocycles. The van der Waals surface area contributed by atoms with Crippen molar-refractivity contribution in [1.82, 2.24) is 19.4 Å². The summed E-state index contributed by atoms with van der Waals surface area (Å²) in [5.74, 6) is 0.899. The Bertz CT molecular complexity index is 3110. The smallest absolute Gasteiger partial charge is 0.138 e. The van der Waals surface area contributed by atoms with E-state index in [0.29, 0.717) is 0 Å². The van der Waals surface area contributed by atoms with E-state index >= 15 is 0 Å². The van der Waals surface area contributed by atoms with Crippen LogP contribution in [0.2, 0.25) is 0 Å². The van der Waals surface area contributed by atoms with Crippen molar-refractivity contribution in [2.45, 2.75) is 6.17 Å². The Hall–Kier alpha value is -6.91. The summed E-state index contributed by atoms with van der Waals surface area (Å²) in [6.07, 6.45) is 6.55. The molecule has 10 aromatic rings. The minimum Gasteiger partial charge on any atom is -0.361 e. The molecular formula is C48H32N4. The van der Waals surface area contributed by atoms with Gasteiger partial charge in [0.2, 0.25) is 0 Å². The van der Waals surface area contributed by atoms with Gasteiger partial charge in [-0.1, -0.05) is 133 Å². The number of allylic oxidation sites excluding steroid dienone is 2. The van der Waals surface area contributed by atoms with Crippen molar-refractivity contribution in [2.75, 3.05) is 0 Å². The first-order valence-electron chi connectivity index (χ1n) is 17.8. The molecule has 4 heterocycles. The fourth-order valence-corrected chi connectivity index (χ4v) is 8.44. The highest BCUT2D eigenvalue weighted by molar-refractivity contribution is 6.18. The maximum absolute atomic E-state index is 5.36. The molecule has 11 rings (SSSR count). The number of pyridine rings is 1. The molecular weight excluding hydrogens is 633 g/mol. The summed E-state index contributed by atoms with van der Waals surface area (Å²) >= 11 is 0. The standard InChI is InChI=1S/C48H32N4/c1-3-17-33-31(13-1)15-9-21-35(33)41-23-11-27-47(49-41)51-43-25-7-5-19-37(43)39-29-40-38-20-6-8-26-44(38)52(46(40)30-45(39)51)48-28-12-24-42(50-48)36-22-10-16-32-14-2-4-18-34(32)36/h1-30,47,49H. The highest BCUT2D eigenvalue weighted by Crippen LogP contribution is 2.40. The highest BCUT2D eigenvalue weighted by Gasteiger charge is 2.23. The van der Waals surface area contributed by atoms with Crippen LogP contribution in [0.25, 0.3) is 87.9 Å². The van der Waals surface area contributed by atoms with E-state index in [1.165, 1.54) is 59.7 Å². The van der Waals surface area contributed by atoms with Crippen LogP contribution in [0.4, 0.5) is 0 Å².